The molecule has 0 fully saturated rings. The predicted octanol–water partition coefficient (Wildman–Crippen LogP) is 5.60. The Balaban J connectivity index is 1.60. The number of aryl methyl sites for hydroxylation is 1. The highest BCUT2D eigenvalue weighted by atomic mass is 16.5. The van der Waals surface area contributed by atoms with E-state index in [1.165, 1.54) is 5.56 Å². The van der Waals surface area contributed by atoms with Crippen molar-refractivity contribution in [2.45, 2.75) is 33.1 Å². The molecule has 0 aromatic heterocycles. The maximum atomic E-state index is 12.2. The van der Waals surface area contributed by atoms with Gasteiger partial charge in [-0.1, -0.05) is 68.8 Å². The summed E-state index contributed by atoms with van der Waals surface area (Å²) in [6.45, 7) is 8.61. The molecule has 0 radical (unpaired) electrons. The van der Waals surface area contributed by atoms with Gasteiger partial charge < -0.3 is 15.4 Å². The van der Waals surface area contributed by atoms with Crippen LogP contribution in [0.3, 0.4) is 0 Å². The molecule has 0 aliphatic heterocycles. The van der Waals surface area contributed by atoms with Crippen molar-refractivity contribution < 1.29 is 9.53 Å². The minimum absolute atomic E-state index is 0.0330. The summed E-state index contributed by atoms with van der Waals surface area (Å²) in [7, 11) is 0. The molecule has 3 rings (SSSR count). The highest BCUT2D eigenvalue weighted by Gasteiger charge is 2.19. The Morgan fingerprint density at radius 1 is 0.963 bits per heavy atom. The lowest BCUT2D eigenvalue weighted by atomic mass is 9.85. The van der Waals surface area contributed by atoms with Crippen LogP contribution in [0.4, 0.5) is 10.5 Å². The van der Waals surface area contributed by atoms with Crippen LogP contribution < -0.4 is 15.4 Å². The topological polar surface area (TPSA) is 50.4 Å². The molecular formula is C23H26N2O2. The zero-order valence-corrected chi connectivity index (χ0v) is 16.3. The number of anilines is 1. The monoisotopic (exact) mass is 362 g/mol. The summed E-state index contributed by atoms with van der Waals surface area (Å²) in [6.07, 6.45) is 0. The maximum absolute atomic E-state index is 12.2. The Labute approximate surface area is 160 Å². The van der Waals surface area contributed by atoms with Crippen LogP contribution in [0.2, 0.25) is 0 Å². The number of rotatable bonds is 4. The standard InChI is InChI=1S/C23H26N2O2/c1-16-9-12-21(20(13-16)23(2,3)4)27-15-24-22(26)25-19-11-10-17-7-5-6-8-18(17)14-19/h5-14H,15H2,1-4H3,(H2,24,25,26). The Kier molecular flexibility index (Phi) is 5.36. The zero-order valence-electron chi connectivity index (χ0n) is 16.3. The Hall–Kier alpha value is -3.01. The van der Waals surface area contributed by atoms with Crippen molar-refractivity contribution >= 4 is 22.5 Å². The number of hydrogen-bond donors (Lipinski definition) is 2. The smallest absolute Gasteiger partial charge is 0.321 e. The quantitative estimate of drug-likeness (QED) is 0.593. The van der Waals surface area contributed by atoms with Gasteiger partial charge >= 0.3 is 6.03 Å². The van der Waals surface area contributed by atoms with Gasteiger partial charge in [-0.05, 0) is 46.9 Å². The number of ether oxygens (including phenoxy) is 1. The molecule has 3 aromatic carbocycles. The summed E-state index contributed by atoms with van der Waals surface area (Å²) in [5.41, 5.74) is 3.03. The maximum Gasteiger partial charge on any atom is 0.321 e. The number of fused-ring (bicyclic) bond motifs is 1. The molecule has 0 bridgehead atoms. The third-order valence-electron chi connectivity index (χ3n) is 4.41. The second-order valence-corrected chi connectivity index (χ2v) is 7.73. The molecule has 0 heterocycles. The number of hydrogen-bond acceptors (Lipinski definition) is 2. The van der Waals surface area contributed by atoms with Crippen molar-refractivity contribution in [1.29, 1.82) is 0 Å². The van der Waals surface area contributed by atoms with E-state index in [-0.39, 0.29) is 18.2 Å². The summed E-state index contributed by atoms with van der Waals surface area (Å²) < 4.78 is 5.83. The fourth-order valence-corrected chi connectivity index (χ4v) is 2.98. The van der Waals surface area contributed by atoms with Gasteiger partial charge in [0.25, 0.3) is 0 Å². The number of urea groups is 1. The number of nitrogens with one attached hydrogen (secondary N) is 2. The summed E-state index contributed by atoms with van der Waals surface area (Å²) in [6, 6.07) is 19.7. The molecule has 4 nitrogen and oxygen atoms in total. The third-order valence-corrected chi connectivity index (χ3v) is 4.41. The van der Waals surface area contributed by atoms with Gasteiger partial charge in [0, 0.05) is 5.69 Å². The number of amides is 2. The number of carbonyl (C=O) groups excluding carboxylic acids is 1. The Morgan fingerprint density at radius 3 is 2.44 bits per heavy atom. The van der Waals surface area contributed by atoms with E-state index in [0.717, 1.165) is 27.8 Å². The van der Waals surface area contributed by atoms with Crippen molar-refractivity contribution in [2.24, 2.45) is 0 Å². The first-order valence-electron chi connectivity index (χ1n) is 9.10. The lowest BCUT2D eigenvalue weighted by Crippen LogP contribution is -2.32. The van der Waals surface area contributed by atoms with E-state index >= 15 is 0 Å². The summed E-state index contributed by atoms with van der Waals surface area (Å²) >= 11 is 0. The highest BCUT2D eigenvalue weighted by Crippen LogP contribution is 2.32. The Bertz CT molecular complexity index is 958. The molecule has 0 aliphatic carbocycles. The van der Waals surface area contributed by atoms with Crippen molar-refractivity contribution in [3.63, 3.8) is 0 Å². The van der Waals surface area contributed by atoms with E-state index in [4.69, 9.17) is 4.74 Å². The molecule has 2 amide bonds. The van der Waals surface area contributed by atoms with E-state index in [1.54, 1.807) is 0 Å². The van der Waals surface area contributed by atoms with E-state index in [1.807, 2.05) is 54.6 Å². The van der Waals surface area contributed by atoms with Gasteiger partial charge in [-0.15, -0.1) is 0 Å². The summed E-state index contributed by atoms with van der Waals surface area (Å²) in [5.74, 6) is 0.791. The normalized spacial score (nSPS) is 11.3. The van der Waals surface area contributed by atoms with E-state index in [2.05, 4.69) is 44.4 Å². The second kappa shape index (κ2) is 7.70. The molecule has 0 saturated heterocycles. The van der Waals surface area contributed by atoms with Crippen LogP contribution in [0.15, 0.2) is 60.7 Å². The van der Waals surface area contributed by atoms with Crippen LogP contribution in [-0.2, 0) is 5.41 Å². The predicted molar refractivity (Wildman–Crippen MR) is 111 cm³/mol. The van der Waals surface area contributed by atoms with Crippen LogP contribution in [0.1, 0.15) is 31.9 Å². The van der Waals surface area contributed by atoms with Crippen LogP contribution in [0.5, 0.6) is 5.75 Å². The van der Waals surface area contributed by atoms with Crippen molar-refractivity contribution in [2.75, 3.05) is 12.0 Å². The van der Waals surface area contributed by atoms with Crippen LogP contribution >= 0.6 is 0 Å². The minimum atomic E-state index is -0.297. The zero-order chi connectivity index (χ0) is 19.4. The van der Waals surface area contributed by atoms with Gasteiger partial charge in [0.05, 0.1) is 0 Å². The van der Waals surface area contributed by atoms with E-state index in [9.17, 15) is 4.79 Å². The molecule has 0 spiro atoms. The van der Waals surface area contributed by atoms with Crippen LogP contribution in [-0.4, -0.2) is 12.8 Å². The summed E-state index contributed by atoms with van der Waals surface area (Å²) in [5, 5.41) is 7.82. The molecule has 0 unspecified atom stereocenters. The molecule has 0 saturated carbocycles. The van der Waals surface area contributed by atoms with Crippen LogP contribution in [0, 0.1) is 6.92 Å². The minimum Gasteiger partial charge on any atom is -0.473 e. The first kappa shape index (κ1) is 18.8. The fraction of sp³-hybridized carbons (Fsp3) is 0.261. The highest BCUT2D eigenvalue weighted by molar-refractivity contribution is 5.93. The van der Waals surface area contributed by atoms with Gasteiger partial charge in [0.1, 0.15) is 5.75 Å². The molecular weight excluding hydrogens is 336 g/mol. The van der Waals surface area contributed by atoms with Gasteiger partial charge in [-0.25, -0.2) is 4.79 Å². The summed E-state index contributed by atoms with van der Waals surface area (Å²) in [4.78, 5) is 12.2. The van der Waals surface area contributed by atoms with Crippen LogP contribution in [0.25, 0.3) is 10.8 Å². The largest absolute Gasteiger partial charge is 0.473 e. The molecule has 2 N–H and O–H groups in total. The molecule has 0 aliphatic rings. The van der Waals surface area contributed by atoms with Crippen molar-refractivity contribution in [3.8, 4) is 5.75 Å². The molecule has 0 atom stereocenters. The SMILES string of the molecule is Cc1ccc(OCNC(=O)Nc2ccc3ccccc3c2)c(C(C)(C)C)c1. The average Bonchev–Trinajstić information content (AvgIpc) is 2.62. The lowest BCUT2D eigenvalue weighted by molar-refractivity contribution is 0.233. The van der Waals surface area contributed by atoms with E-state index in [0.29, 0.717) is 0 Å². The Morgan fingerprint density at radius 2 is 1.70 bits per heavy atom. The van der Waals surface area contributed by atoms with Gasteiger partial charge in [-0.2, -0.15) is 0 Å². The van der Waals surface area contributed by atoms with Gasteiger partial charge in [0.2, 0.25) is 0 Å². The average molecular weight is 362 g/mol. The van der Waals surface area contributed by atoms with Gasteiger partial charge in [0.15, 0.2) is 6.73 Å². The van der Waals surface area contributed by atoms with Gasteiger partial charge in [-0.3, -0.25) is 0 Å². The van der Waals surface area contributed by atoms with Crippen molar-refractivity contribution in [3.05, 3.63) is 71.8 Å². The number of benzene rings is 3. The molecule has 4 heteroatoms. The third kappa shape index (κ3) is 4.79. The molecule has 3 aromatic rings. The number of carbonyl (C=O) groups is 1. The molecule has 140 valence electrons. The first-order chi connectivity index (χ1) is 12.8. The second-order valence-electron chi connectivity index (χ2n) is 7.73. The molecule has 27 heavy (non-hydrogen) atoms. The first-order valence-corrected chi connectivity index (χ1v) is 9.10. The van der Waals surface area contributed by atoms with E-state index < -0.39 is 0 Å². The van der Waals surface area contributed by atoms with Crippen molar-refractivity contribution in [1.82, 2.24) is 5.32 Å². The fourth-order valence-electron chi connectivity index (χ4n) is 2.98. The lowest BCUT2D eigenvalue weighted by Gasteiger charge is -2.23.